The predicted molar refractivity (Wildman–Crippen MR) is 107 cm³/mol. The summed E-state index contributed by atoms with van der Waals surface area (Å²) in [5.41, 5.74) is 3.57. The first kappa shape index (κ1) is 18.4. The van der Waals surface area contributed by atoms with Gasteiger partial charge in [-0.3, -0.25) is 4.98 Å². The first-order valence-electron chi connectivity index (χ1n) is 8.76. The zero-order chi connectivity index (χ0) is 18.5. The Labute approximate surface area is 157 Å². The second-order valence-electron chi connectivity index (χ2n) is 6.34. The van der Waals surface area contributed by atoms with E-state index < -0.39 is 0 Å². The number of hydrogen-bond donors (Lipinski definition) is 1. The molecule has 1 aromatic carbocycles. The van der Waals surface area contributed by atoms with E-state index in [9.17, 15) is 4.39 Å². The number of nitrogens with zero attached hydrogens (tertiary/aromatic N) is 1. The van der Waals surface area contributed by atoms with Gasteiger partial charge in [-0.2, -0.15) is 0 Å². The summed E-state index contributed by atoms with van der Waals surface area (Å²) in [7, 11) is 1.66. The van der Waals surface area contributed by atoms with Crippen molar-refractivity contribution in [1.82, 2.24) is 4.98 Å². The van der Waals surface area contributed by atoms with Crippen molar-refractivity contribution < 1.29 is 9.13 Å². The maximum Gasteiger partial charge on any atom is 0.130 e. The van der Waals surface area contributed by atoms with Gasteiger partial charge in [0.1, 0.15) is 11.6 Å². The lowest BCUT2D eigenvalue weighted by molar-refractivity contribution is 0.417. The third-order valence-electron chi connectivity index (χ3n) is 4.25. The summed E-state index contributed by atoms with van der Waals surface area (Å²) in [6.07, 6.45) is 2.18. The molecule has 0 saturated carbocycles. The summed E-state index contributed by atoms with van der Waals surface area (Å²) in [6, 6.07) is 12.5. The molecule has 0 aliphatic carbocycles. The Bertz CT molecular complexity index is 878. The number of pyridine rings is 1. The number of ether oxygens (including phenoxy) is 1. The molecular formula is C21H23FN2OS. The number of halogens is 1. The summed E-state index contributed by atoms with van der Waals surface area (Å²) < 4.78 is 18.8. The van der Waals surface area contributed by atoms with E-state index in [2.05, 4.69) is 25.2 Å². The zero-order valence-corrected chi connectivity index (χ0v) is 16.1. The molecule has 0 radical (unpaired) electrons. The van der Waals surface area contributed by atoms with Crippen molar-refractivity contribution in [2.45, 2.75) is 32.6 Å². The van der Waals surface area contributed by atoms with Gasteiger partial charge in [-0.25, -0.2) is 4.39 Å². The second kappa shape index (κ2) is 8.32. The number of hydrogen-bond acceptors (Lipinski definition) is 4. The topological polar surface area (TPSA) is 34.1 Å². The Kier molecular flexibility index (Phi) is 5.89. The molecule has 136 valence electrons. The minimum absolute atomic E-state index is 0.258. The Hall–Kier alpha value is -2.40. The number of thiophene rings is 1. The van der Waals surface area contributed by atoms with Crippen molar-refractivity contribution in [1.29, 1.82) is 0 Å². The SMILES string of the molecule is CCCC(C)c1cc(Nc2cccc(F)c2)cc(-c2cc(OC)cs2)n1. The van der Waals surface area contributed by atoms with Crippen LogP contribution in [0, 0.1) is 5.82 Å². The Morgan fingerprint density at radius 1 is 1.19 bits per heavy atom. The summed E-state index contributed by atoms with van der Waals surface area (Å²) in [5, 5.41) is 5.28. The van der Waals surface area contributed by atoms with Gasteiger partial charge < -0.3 is 10.1 Å². The summed E-state index contributed by atoms with van der Waals surface area (Å²) >= 11 is 1.60. The van der Waals surface area contributed by atoms with Crippen LogP contribution in [0.15, 0.2) is 47.8 Å². The van der Waals surface area contributed by atoms with Gasteiger partial charge in [-0.1, -0.05) is 26.3 Å². The molecule has 3 aromatic rings. The second-order valence-corrected chi connectivity index (χ2v) is 7.25. The van der Waals surface area contributed by atoms with Crippen molar-refractivity contribution in [3.05, 3.63) is 59.4 Å². The molecule has 5 heteroatoms. The van der Waals surface area contributed by atoms with E-state index in [1.165, 1.54) is 12.1 Å². The highest BCUT2D eigenvalue weighted by atomic mass is 32.1. The van der Waals surface area contributed by atoms with Gasteiger partial charge in [0.15, 0.2) is 0 Å². The number of nitrogens with one attached hydrogen (secondary N) is 1. The lowest BCUT2D eigenvalue weighted by atomic mass is 10.0. The van der Waals surface area contributed by atoms with Crippen LogP contribution < -0.4 is 10.1 Å². The van der Waals surface area contributed by atoms with Crippen LogP contribution in [0.4, 0.5) is 15.8 Å². The van der Waals surface area contributed by atoms with Gasteiger partial charge in [-0.05, 0) is 42.7 Å². The molecule has 0 aliphatic rings. The summed E-state index contributed by atoms with van der Waals surface area (Å²) in [4.78, 5) is 5.92. The van der Waals surface area contributed by atoms with E-state index >= 15 is 0 Å². The van der Waals surface area contributed by atoms with E-state index in [0.29, 0.717) is 5.92 Å². The summed E-state index contributed by atoms with van der Waals surface area (Å²) in [6.45, 7) is 4.37. The number of methoxy groups -OCH3 is 1. The van der Waals surface area contributed by atoms with Crippen LogP contribution in [0.3, 0.4) is 0 Å². The minimum atomic E-state index is -0.258. The van der Waals surface area contributed by atoms with Crippen molar-refractivity contribution >= 4 is 22.7 Å². The zero-order valence-electron chi connectivity index (χ0n) is 15.3. The molecule has 0 saturated heterocycles. The van der Waals surface area contributed by atoms with Gasteiger partial charge in [0.2, 0.25) is 0 Å². The van der Waals surface area contributed by atoms with Crippen LogP contribution >= 0.6 is 11.3 Å². The van der Waals surface area contributed by atoms with Crippen molar-refractivity contribution in [3.63, 3.8) is 0 Å². The maximum atomic E-state index is 13.5. The Morgan fingerprint density at radius 2 is 2.04 bits per heavy atom. The number of benzene rings is 1. The lowest BCUT2D eigenvalue weighted by Crippen LogP contribution is -2.01. The monoisotopic (exact) mass is 370 g/mol. The average Bonchev–Trinajstić information content (AvgIpc) is 3.11. The fourth-order valence-corrected chi connectivity index (χ4v) is 3.69. The van der Waals surface area contributed by atoms with Crippen LogP contribution in [0.1, 0.15) is 38.3 Å². The van der Waals surface area contributed by atoms with Gasteiger partial charge in [0.25, 0.3) is 0 Å². The van der Waals surface area contributed by atoms with Crippen LogP contribution in [0.5, 0.6) is 5.75 Å². The third kappa shape index (κ3) is 4.41. The van der Waals surface area contributed by atoms with Crippen LogP contribution in [0.25, 0.3) is 10.6 Å². The molecule has 0 aliphatic heterocycles. The van der Waals surface area contributed by atoms with E-state index in [4.69, 9.17) is 9.72 Å². The number of rotatable bonds is 7. The van der Waals surface area contributed by atoms with E-state index in [1.807, 2.05) is 23.6 Å². The third-order valence-corrected chi connectivity index (χ3v) is 5.18. The molecule has 1 unspecified atom stereocenters. The molecule has 26 heavy (non-hydrogen) atoms. The molecule has 0 amide bonds. The first-order chi connectivity index (χ1) is 12.6. The predicted octanol–water partition coefficient (Wildman–Crippen LogP) is 6.61. The molecule has 3 rings (SSSR count). The van der Waals surface area contributed by atoms with Crippen molar-refractivity contribution in [2.75, 3.05) is 12.4 Å². The maximum absolute atomic E-state index is 13.5. The molecule has 0 spiro atoms. The van der Waals surface area contributed by atoms with Gasteiger partial charge >= 0.3 is 0 Å². The number of aromatic nitrogens is 1. The molecule has 3 nitrogen and oxygen atoms in total. The van der Waals surface area contributed by atoms with Gasteiger partial charge in [-0.15, -0.1) is 11.3 Å². The molecule has 2 heterocycles. The molecule has 0 bridgehead atoms. The molecule has 1 atom stereocenters. The normalized spacial score (nSPS) is 12.0. The fraction of sp³-hybridized carbons (Fsp3) is 0.286. The van der Waals surface area contributed by atoms with Crippen LogP contribution in [0.2, 0.25) is 0 Å². The first-order valence-corrected chi connectivity index (χ1v) is 9.64. The molecular weight excluding hydrogens is 347 g/mol. The quantitative estimate of drug-likeness (QED) is 0.508. The lowest BCUT2D eigenvalue weighted by Gasteiger charge is -2.15. The van der Waals surface area contributed by atoms with Crippen LogP contribution in [-0.2, 0) is 0 Å². The molecule has 2 aromatic heterocycles. The standard InChI is InChI=1S/C21H23FN2OS/c1-4-6-14(2)19-10-17(23-16-8-5-7-15(22)9-16)11-20(24-19)21-12-18(25-3)13-26-21/h5,7-14H,4,6H2,1-3H3,(H,23,24). The van der Waals surface area contributed by atoms with Crippen LogP contribution in [-0.4, -0.2) is 12.1 Å². The Morgan fingerprint density at radius 3 is 2.73 bits per heavy atom. The highest BCUT2D eigenvalue weighted by Crippen LogP contribution is 2.34. The van der Waals surface area contributed by atoms with Crippen molar-refractivity contribution in [2.24, 2.45) is 0 Å². The fourth-order valence-electron chi connectivity index (χ4n) is 2.88. The molecule has 1 N–H and O–H groups in total. The van der Waals surface area contributed by atoms with E-state index in [1.54, 1.807) is 24.5 Å². The largest absolute Gasteiger partial charge is 0.496 e. The van der Waals surface area contributed by atoms with Gasteiger partial charge in [0.05, 0.1) is 17.7 Å². The van der Waals surface area contributed by atoms with E-state index in [-0.39, 0.29) is 5.82 Å². The average molecular weight is 370 g/mol. The van der Waals surface area contributed by atoms with Crippen molar-refractivity contribution in [3.8, 4) is 16.3 Å². The highest BCUT2D eigenvalue weighted by molar-refractivity contribution is 7.13. The van der Waals surface area contributed by atoms with Gasteiger partial charge in [0, 0.05) is 28.5 Å². The van der Waals surface area contributed by atoms with E-state index in [0.717, 1.165) is 46.2 Å². The Balaban J connectivity index is 1.99. The number of anilines is 2. The summed E-state index contributed by atoms with van der Waals surface area (Å²) in [5.74, 6) is 0.931. The minimum Gasteiger partial charge on any atom is -0.496 e. The smallest absolute Gasteiger partial charge is 0.130 e. The molecule has 0 fully saturated rings. The highest BCUT2D eigenvalue weighted by Gasteiger charge is 2.13.